The molecule has 0 saturated heterocycles. The second kappa shape index (κ2) is 9.25. The molecule has 0 bridgehead atoms. The van der Waals surface area contributed by atoms with Gasteiger partial charge in [-0.25, -0.2) is 15.0 Å². The highest BCUT2D eigenvalue weighted by Gasteiger charge is 2.19. The molecular formula is C33H20ClN3O. The second-order valence-corrected chi connectivity index (χ2v) is 9.44. The first kappa shape index (κ1) is 22.4. The molecule has 180 valence electrons. The van der Waals surface area contributed by atoms with Crippen molar-refractivity contribution in [1.82, 2.24) is 15.0 Å². The van der Waals surface area contributed by atoms with Gasteiger partial charge in [0.05, 0.1) is 0 Å². The number of benzene rings is 5. The maximum absolute atomic E-state index is 6.19. The Hall–Kier alpha value is -4.80. The Morgan fingerprint density at radius 3 is 1.87 bits per heavy atom. The fourth-order valence-corrected chi connectivity index (χ4v) is 4.98. The molecule has 0 aliphatic heterocycles. The molecular weight excluding hydrogens is 490 g/mol. The van der Waals surface area contributed by atoms with E-state index in [4.69, 9.17) is 31.0 Å². The number of fused-ring (bicyclic) bond motifs is 3. The van der Waals surface area contributed by atoms with Gasteiger partial charge in [-0.2, -0.15) is 0 Å². The predicted molar refractivity (Wildman–Crippen MR) is 154 cm³/mol. The molecule has 0 unspecified atom stereocenters. The molecule has 0 aliphatic rings. The minimum Gasteiger partial charge on any atom is -0.456 e. The van der Waals surface area contributed by atoms with Crippen LogP contribution in [0.3, 0.4) is 0 Å². The Balaban J connectivity index is 1.51. The largest absolute Gasteiger partial charge is 0.456 e. The van der Waals surface area contributed by atoms with Crippen molar-refractivity contribution in [1.29, 1.82) is 0 Å². The standard InChI is InChI=1S/C33H20ClN3O/c34-23-19-17-22(18-20-23)31-35-32(25-12-5-4-11-24(25)21-9-2-1-3-10-21)37-33(36-31)27-14-8-16-29-30(27)26-13-6-7-15-28(26)38-29/h1-20H. The van der Waals surface area contributed by atoms with Gasteiger partial charge in [0.2, 0.25) is 0 Å². The molecule has 0 saturated carbocycles. The van der Waals surface area contributed by atoms with Crippen LogP contribution < -0.4 is 0 Å². The van der Waals surface area contributed by atoms with Crippen molar-refractivity contribution in [2.75, 3.05) is 0 Å². The normalized spacial score (nSPS) is 11.3. The molecule has 2 aromatic heterocycles. The summed E-state index contributed by atoms with van der Waals surface area (Å²) in [6.07, 6.45) is 0. The summed E-state index contributed by atoms with van der Waals surface area (Å²) in [4.78, 5) is 15.0. The van der Waals surface area contributed by atoms with Crippen molar-refractivity contribution in [3.63, 3.8) is 0 Å². The molecule has 7 rings (SSSR count). The molecule has 38 heavy (non-hydrogen) atoms. The molecule has 0 aliphatic carbocycles. The molecule has 4 nitrogen and oxygen atoms in total. The fraction of sp³-hybridized carbons (Fsp3) is 0. The Morgan fingerprint density at radius 2 is 1.05 bits per heavy atom. The lowest BCUT2D eigenvalue weighted by atomic mass is 9.99. The molecule has 0 N–H and O–H groups in total. The highest BCUT2D eigenvalue weighted by atomic mass is 35.5. The summed E-state index contributed by atoms with van der Waals surface area (Å²) in [5.41, 5.74) is 6.46. The molecule has 2 heterocycles. The van der Waals surface area contributed by atoms with E-state index >= 15 is 0 Å². The monoisotopic (exact) mass is 509 g/mol. The first-order chi connectivity index (χ1) is 18.7. The van der Waals surface area contributed by atoms with Gasteiger partial charge in [0, 0.05) is 32.5 Å². The Morgan fingerprint density at radius 1 is 0.447 bits per heavy atom. The van der Waals surface area contributed by atoms with Crippen LogP contribution in [0.25, 0.3) is 67.2 Å². The van der Waals surface area contributed by atoms with E-state index in [-0.39, 0.29) is 0 Å². The van der Waals surface area contributed by atoms with E-state index in [0.29, 0.717) is 22.5 Å². The number of furan rings is 1. The zero-order valence-electron chi connectivity index (χ0n) is 20.2. The average molecular weight is 510 g/mol. The average Bonchev–Trinajstić information content (AvgIpc) is 3.37. The molecule has 0 spiro atoms. The van der Waals surface area contributed by atoms with Crippen molar-refractivity contribution in [3.05, 3.63) is 126 Å². The number of rotatable bonds is 4. The van der Waals surface area contributed by atoms with Gasteiger partial charge >= 0.3 is 0 Å². The van der Waals surface area contributed by atoms with E-state index in [0.717, 1.165) is 49.8 Å². The minimum atomic E-state index is 0.578. The third-order valence-electron chi connectivity index (χ3n) is 6.63. The number of halogens is 1. The van der Waals surface area contributed by atoms with Gasteiger partial charge in [0.25, 0.3) is 0 Å². The number of para-hydroxylation sites is 1. The lowest BCUT2D eigenvalue weighted by Gasteiger charge is -2.12. The van der Waals surface area contributed by atoms with E-state index in [1.807, 2.05) is 91.0 Å². The smallest absolute Gasteiger partial charge is 0.164 e. The topological polar surface area (TPSA) is 51.8 Å². The van der Waals surface area contributed by atoms with Crippen LogP contribution >= 0.6 is 11.6 Å². The minimum absolute atomic E-state index is 0.578. The maximum atomic E-state index is 6.19. The van der Waals surface area contributed by atoms with Gasteiger partial charge < -0.3 is 4.42 Å². The molecule has 0 atom stereocenters. The van der Waals surface area contributed by atoms with Gasteiger partial charge in [0.1, 0.15) is 11.2 Å². The van der Waals surface area contributed by atoms with E-state index in [1.54, 1.807) is 0 Å². The van der Waals surface area contributed by atoms with Crippen molar-refractivity contribution in [3.8, 4) is 45.3 Å². The van der Waals surface area contributed by atoms with E-state index < -0.39 is 0 Å². The first-order valence-electron chi connectivity index (χ1n) is 12.3. The van der Waals surface area contributed by atoms with Crippen LogP contribution in [0.1, 0.15) is 0 Å². The number of hydrogen-bond acceptors (Lipinski definition) is 4. The maximum Gasteiger partial charge on any atom is 0.164 e. The van der Waals surface area contributed by atoms with Crippen molar-refractivity contribution in [2.45, 2.75) is 0 Å². The lowest BCUT2D eigenvalue weighted by molar-refractivity contribution is 0.669. The van der Waals surface area contributed by atoms with E-state index in [2.05, 4.69) is 30.3 Å². The molecule has 5 aromatic carbocycles. The second-order valence-electron chi connectivity index (χ2n) is 9.00. The summed E-state index contributed by atoms with van der Waals surface area (Å²) in [7, 11) is 0. The summed E-state index contributed by atoms with van der Waals surface area (Å²) in [5, 5.41) is 2.67. The molecule has 5 heteroatoms. The SMILES string of the molecule is Clc1ccc(-c2nc(-c3ccccc3-c3ccccc3)nc(-c3cccc4oc5ccccc5c34)n2)cc1. The zero-order valence-corrected chi connectivity index (χ0v) is 20.9. The van der Waals surface area contributed by atoms with Crippen LogP contribution in [0.4, 0.5) is 0 Å². The molecule has 0 fully saturated rings. The van der Waals surface area contributed by atoms with Gasteiger partial charge in [0.15, 0.2) is 17.5 Å². The lowest BCUT2D eigenvalue weighted by Crippen LogP contribution is -2.01. The zero-order chi connectivity index (χ0) is 25.5. The van der Waals surface area contributed by atoms with Crippen molar-refractivity contribution >= 4 is 33.5 Å². The molecule has 0 radical (unpaired) electrons. The van der Waals surface area contributed by atoms with E-state index in [9.17, 15) is 0 Å². The quantitative estimate of drug-likeness (QED) is 0.237. The van der Waals surface area contributed by atoms with Gasteiger partial charge in [-0.05, 0) is 47.5 Å². The summed E-state index contributed by atoms with van der Waals surface area (Å²) in [6.45, 7) is 0. The van der Waals surface area contributed by atoms with Crippen LogP contribution in [0, 0.1) is 0 Å². The highest BCUT2D eigenvalue weighted by molar-refractivity contribution is 6.30. The Labute approximate surface area is 224 Å². The van der Waals surface area contributed by atoms with Crippen LogP contribution in [0.15, 0.2) is 126 Å². The Bertz CT molecular complexity index is 1930. The predicted octanol–water partition coefficient (Wildman–Crippen LogP) is 9.09. The number of hydrogen-bond donors (Lipinski definition) is 0. The summed E-state index contributed by atoms with van der Waals surface area (Å²) in [6, 6.07) is 40.1. The molecule has 0 amide bonds. The molecule has 7 aromatic rings. The van der Waals surface area contributed by atoms with Gasteiger partial charge in [-0.3, -0.25) is 0 Å². The summed E-state index contributed by atoms with van der Waals surface area (Å²) >= 11 is 6.19. The number of nitrogens with zero attached hydrogens (tertiary/aromatic N) is 3. The van der Waals surface area contributed by atoms with Crippen LogP contribution in [0.5, 0.6) is 0 Å². The van der Waals surface area contributed by atoms with Crippen molar-refractivity contribution < 1.29 is 4.42 Å². The fourth-order valence-electron chi connectivity index (χ4n) is 4.85. The highest BCUT2D eigenvalue weighted by Crippen LogP contribution is 2.37. The van der Waals surface area contributed by atoms with Crippen LogP contribution in [-0.4, -0.2) is 15.0 Å². The van der Waals surface area contributed by atoms with Gasteiger partial charge in [-0.1, -0.05) is 96.5 Å². The van der Waals surface area contributed by atoms with Crippen LogP contribution in [0.2, 0.25) is 5.02 Å². The summed E-state index contributed by atoms with van der Waals surface area (Å²) in [5.74, 6) is 1.76. The third kappa shape index (κ3) is 3.92. The number of aromatic nitrogens is 3. The van der Waals surface area contributed by atoms with Crippen molar-refractivity contribution in [2.24, 2.45) is 0 Å². The van der Waals surface area contributed by atoms with Gasteiger partial charge in [-0.15, -0.1) is 0 Å². The first-order valence-corrected chi connectivity index (χ1v) is 12.7. The third-order valence-corrected chi connectivity index (χ3v) is 6.89. The van der Waals surface area contributed by atoms with E-state index in [1.165, 1.54) is 0 Å². The summed E-state index contributed by atoms with van der Waals surface area (Å²) < 4.78 is 6.15. The van der Waals surface area contributed by atoms with Crippen LogP contribution in [-0.2, 0) is 0 Å². The Kier molecular flexibility index (Phi) is 5.46.